The van der Waals surface area contributed by atoms with Crippen LogP contribution in [-0.4, -0.2) is 67.7 Å². The largest absolute Gasteiger partial charge is 0.465 e. The molecule has 0 radical (unpaired) electrons. The quantitative estimate of drug-likeness (QED) is 0.397. The number of hydrogen-bond donors (Lipinski definition) is 4. The van der Waals surface area contributed by atoms with Crippen molar-refractivity contribution in [2.24, 2.45) is 45.1 Å². The number of rotatable bonds is 2. The fraction of sp³-hybridized carbons (Fsp3) is 0.818. The summed E-state index contributed by atoms with van der Waals surface area (Å²) in [5.74, 6) is 0.178. The molecule has 0 amide bonds. The Balaban J connectivity index is 0.00000385. The Bertz CT molecular complexity index is 670. The summed E-state index contributed by atoms with van der Waals surface area (Å²) >= 11 is 0. The fourth-order valence-corrected chi connectivity index (χ4v) is 4.58. The van der Waals surface area contributed by atoms with Gasteiger partial charge < -0.3 is 37.1 Å². The lowest BCUT2D eigenvalue weighted by atomic mass is 9.91. The summed E-state index contributed by atoms with van der Waals surface area (Å²) in [7, 11) is 0. The fourth-order valence-electron chi connectivity index (χ4n) is 4.58. The zero-order chi connectivity index (χ0) is 23.1. The van der Waals surface area contributed by atoms with E-state index in [1.54, 1.807) is 0 Å². The molecular formula is C22H40N6O5. The van der Waals surface area contributed by atoms with Gasteiger partial charge in [0.2, 0.25) is 0 Å². The summed E-state index contributed by atoms with van der Waals surface area (Å²) in [5, 5.41) is 6.21. The maximum Gasteiger partial charge on any atom is 0.311 e. The number of cyclic esters (lactones) is 2. The Labute approximate surface area is 195 Å². The molecule has 11 nitrogen and oxygen atoms in total. The Hall–Kier alpha value is -2.56. The van der Waals surface area contributed by atoms with Gasteiger partial charge in [0.05, 0.1) is 50.2 Å². The van der Waals surface area contributed by atoms with E-state index in [4.69, 9.17) is 20.9 Å². The van der Waals surface area contributed by atoms with E-state index in [9.17, 15) is 9.59 Å². The van der Waals surface area contributed by atoms with Gasteiger partial charge >= 0.3 is 11.9 Å². The number of nitrogens with one attached hydrogen (secondary N) is 2. The number of carbonyl (C=O) groups is 2. The number of esters is 2. The first-order valence-electron chi connectivity index (χ1n) is 11.8. The van der Waals surface area contributed by atoms with Crippen molar-refractivity contribution in [2.45, 2.75) is 64.5 Å². The van der Waals surface area contributed by atoms with E-state index in [-0.39, 0.29) is 53.2 Å². The maximum atomic E-state index is 12.9. The van der Waals surface area contributed by atoms with E-state index in [1.165, 1.54) is 0 Å². The van der Waals surface area contributed by atoms with Gasteiger partial charge in [-0.05, 0) is 37.5 Å². The van der Waals surface area contributed by atoms with Crippen LogP contribution in [-0.2, 0) is 19.1 Å². The van der Waals surface area contributed by atoms with Crippen LogP contribution in [0.4, 0.5) is 0 Å². The summed E-state index contributed by atoms with van der Waals surface area (Å²) in [4.78, 5) is 34.1. The highest BCUT2D eigenvalue weighted by Crippen LogP contribution is 2.24. The number of carbonyl (C=O) groups excluding carboxylic acids is 2. The number of nitrogens with zero attached hydrogens (tertiary/aromatic N) is 2. The van der Waals surface area contributed by atoms with Gasteiger partial charge in [-0.15, -0.1) is 0 Å². The van der Waals surface area contributed by atoms with Gasteiger partial charge in [0.25, 0.3) is 0 Å². The van der Waals surface area contributed by atoms with Gasteiger partial charge in [-0.1, -0.05) is 26.7 Å². The molecular weight excluding hydrogens is 428 g/mol. The van der Waals surface area contributed by atoms with Crippen molar-refractivity contribution in [3.05, 3.63) is 0 Å². The van der Waals surface area contributed by atoms with Gasteiger partial charge in [0.1, 0.15) is 0 Å². The van der Waals surface area contributed by atoms with Crippen LogP contribution in [0.25, 0.3) is 0 Å². The lowest BCUT2D eigenvalue weighted by molar-refractivity contribution is -0.151. The van der Waals surface area contributed by atoms with Gasteiger partial charge in [-0.2, -0.15) is 0 Å². The minimum Gasteiger partial charge on any atom is -0.465 e. The number of hydrogen-bond acceptors (Lipinski definition) is 10. The molecule has 3 heterocycles. The minimum absolute atomic E-state index is 0. The van der Waals surface area contributed by atoms with E-state index in [0.29, 0.717) is 51.1 Å². The molecule has 0 saturated carbocycles. The van der Waals surface area contributed by atoms with Gasteiger partial charge in [0, 0.05) is 0 Å². The molecule has 188 valence electrons. The molecule has 3 aliphatic heterocycles. The molecule has 8 N–H and O–H groups in total. The molecule has 1 saturated heterocycles. The van der Waals surface area contributed by atoms with E-state index in [0.717, 1.165) is 25.7 Å². The summed E-state index contributed by atoms with van der Waals surface area (Å²) in [6.07, 6.45) is 4.69. The van der Waals surface area contributed by atoms with Crippen LogP contribution in [0.5, 0.6) is 0 Å². The molecule has 0 spiro atoms. The number of ether oxygens (including phenoxy) is 2. The third-order valence-corrected chi connectivity index (χ3v) is 6.60. The number of guanidine groups is 2. The zero-order valence-electron chi connectivity index (χ0n) is 19.7. The Morgan fingerprint density at radius 1 is 0.758 bits per heavy atom. The Kier molecular flexibility index (Phi) is 10.2. The molecule has 33 heavy (non-hydrogen) atoms. The van der Waals surface area contributed by atoms with Crippen LogP contribution >= 0.6 is 0 Å². The van der Waals surface area contributed by atoms with Crippen molar-refractivity contribution < 1.29 is 24.5 Å². The molecule has 0 aromatic carbocycles. The van der Waals surface area contributed by atoms with Crippen LogP contribution in [0.1, 0.15) is 52.4 Å². The smallest absolute Gasteiger partial charge is 0.311 e. The summed E-state index contributed by atoms with van der Waals surface area (Å²) in [6.45, 7) is 5.82. The predicted octanol–water partition coefficient (Wildman–Crippen LogP) is -0.320. The first-order valence-corrected chi connectivity index (χ1v) is 11.8. The number of aliphatic imine (C=N–C) groups is 2. The molecule has 0 aromatic rings. The third kappa shape index (κ3) is 7.76. The van der Waals surface area contributed by atoms with Crippen LogP contribution in [0.3, 0.4) is 0 Å². The second-order valence-corrected chi connectivity index (χ2v) is 9.50. The number of nitrogens with two attached hydrogens (primary N) is 2. The molecule has 3 unspecified atom stereocenters. The van der Waals surface area contributed by atoms with E-state index in [2.05, 4.69) is 34.5 Å². The van der Waals surface area contributed by atoms with Crippen molar-refractivity contribution >= 4 is 23.9 Å². The molecule has 0 aliphatic carbocycles. The standard InChI is InChI=1S/C22H38N6O4.H2O/c1-13-5-3-7-15(17-9-25-21(23)27-17)20(30)32-12-14(2)6-4-8-16(19(29)31-11-13)18-10-26-22(24)28-18;/h13-18H,3-12H2,1-2H3,(H3,23,25,27)(H3,24,26,28);1H2/t13-,14-,15?,16?,17+,18?;/m1./s1. The average Bonchev–Trinajstić information content (AvgIpc) is 3.38. The van der Waals surface area contributed by atoms with Crippen molar-refractivity contribution in [3.8, 4) is 0 Å². The lowest BCUT2D eigenvalue weighted by Crippen LogP contribution is -2.44. The molecule has 1 fully saturated rings. The van der Waals surface area contributed by atoms with Gasteiger partial charge in [0.15, 0.2) is 11.9 Å². The van der Waals surface area contributed by atoms with E-state index >= 15 is 0 Å². The molecule has 0 aromatic heterocycles. The van der Waals surface area contributed by atoms with Crippen LogP contribution in [0, 0.1) is 23.7 Å². The van der Waals surface area contributed by atoms with E-state index in [1.807, 2.05) is 0 Å². The van der Waals surface area contributed by atoms with Crippen molar-refractivity contribution in [1.29, 1.82) is 0 Å². The topological polar surface area (TPSA) is 185 Å². The zero-order valence-corrected chi connectivity index (χ0v) is 19.7. The summed E-state index contributed by atoms with van der Waals surface area (Å²) in [6, 6.07) is -0.252. The van der Waals surface area contributed by atoms with E-state index < -0.39 is 0 Å². The first-order chi connectivity index (χ1) is 15.3. The second-order valence-electron chi connectivity index (χ2n) is 9.50. The molecule has 11 heteroatoms. The van der Waals surface area contributed by atoms with Crippen LogP contribution in [0.2, 0.25) is 0 Å². The minimum atomic E-state index is -0.294. The molecule has 3 aliphatic rings. The highest BCUT2D eigenvalue weighted by molar-refractivity contribution is 5.82. The highest BCUT2D eigenvalue weighted by Gasteiger charge is 2.34. The molecule has 3 rings (SSSR count). The third-order valence-electron chi connectivity index (χ3n) is 6.60. The highest BCUT2D eigenvalue weighted by atomic mass is 16.5. The average molecular weight is 469 g/mol. The Morgan fingerprint density at radius 2 is 1.15 bits per heavy atom. The predicted molar refractivity (Wildman–Crippen MR) is 125 cm³/mol. The van der Waals surface area contributed by atoms with Gasteiger partial charge in [-0.25, -0.2) is 0 Å². The van der Waals surface area contributed by atoms with Crippen LogP contribution in [0.15, 0.2) is 9.98 Å². The van der Waals surface area contributed by atoms with Gasteiger partial charge in [-0.3, -0.25) is 19.6 Å². The second kappa shape index (κ2) is 12.6. The maximum absolute atomic E-state index is 12.9. The summed E-state index contributed by atoms with van der Waals surface area (Å²) in [5.41, 5.74) is 11.5. The van der Waals surface area contributed by atoms with Crippen molar-refractivity contribution in [2.75, 3.05) is 26.3 Å². The van der Waals surface area contributed by atoms with Crippen molar-refractivity contribution in [1.82, 2.24) is 10.6 Å². The SMILES string of the molecule is C[C@@H]1CCCC([C@@H]2CN=C(N)N2)C(=O)OC[C@H](C)CCCC(C2CN=C(N)N2)C(=O)OC1.O. The lowest BCUT2D eigenvalue weighted by Gasteiger charge is -2.26. The molecule has 0 bridgehead atoms. The Morgan fingerprint density at radius 3 is 1.48 bits per heavy atom. The van der Waals surface area contributed by atoms with Crippen LogP contribution < -0.4 is 22.1 Å². The molecule has 6 atom stereocenters. The summed E-state index contributed by atoms with van der Waals surface area (Å²) < 4.78 is 11.4. The monoisotopic (exact) mass is 468 g/mol. The van der Waals surface area contributed by atoms with Crippen molar-refractivity contribution in [3.63, 3.8) is 0 Å². The normalized spacial score (nSPS) is 34.6. The first kappa shape index (κ1) is 26.7.